The maximum absolute atomic E-state index is 6.06. The first-order chi connectivity index (χ1) is 10.8. The second-order valence-electron chi connectivity index (χ2n) is 5.73. The van der Waals surface area contributed by atoms with E-state index >= 15 is 0 Å². The molecule has 2 atom stereocenters. The van der Waals surface area contributed by atoms with E-state index in [0.29, 0.717) is 0 Å². The molecule has 2 N–H and O–H groups in total. The zero-order chi connectivity index (χ0) is 15.4. The van der Waals surface area contributed by atoms with E-state index in [2.05, 4.69) is 44.8 Å². The molecule has 0 saturated carbocycles. The molecule has 0 amide bonds. The molecule has 6 heteroatoms. The number of ether oxygens (including phenoxy) is 1. The van der Waals surface area contributed by atoms with Gasteiger partial charge in [0.25, 0.3) is 0 Å². The Kier molecular flexibility index (Phi) is 4.92. The minimum atomic E-state index is 0.119. The Bertz CT molecular complexity index is 565. The molecule has 22 heavy (non-hydrogen) atoms. The van der Waals surface area contributed by atoms with Crippen molar-refractivity contribution in [3.63, 3.8) is 0 Å². The topological polar surface area (TPSA) is 58.1 Å². The number of likely N-dealkylation sites (N-methyl/N-ethyl adjacent to an activating group) is 1. The van der Waals surface area contributed by atoms with Crippen LogP contribution in [-0.4, -0.2) is 51.8 Å². The van der Waals surface area contributed by atoms with Crippen LogP contribution in [0.25, 0.3) is 0 Å². The van der Waals surface area contributed by atoms with E-state index in [1.807, 2.05) is 24.8 Å². The van der Waals surface area contributed by atoms with Crippen LogP contribution in [0, 0.1) is 0 Å². The van der Waals surface area contributed by atoms with Gasteiger partial charge in [0.2, 0.25) is 0 Å². The lowest BCUT2D eigenvalue weighted by molar-refractivity contribution is -0.0729. The fourth-order valence-corrected chi connectivity index (χ4v) is 3.13. The number of aromatic nitrogens is 3. The van der Waals surface area contributed by atoms with E-state index in [-0.39, 0.29) is 12.1 Å². The predicted molar refractivity (Wildman–Crippen MR) is 85.4 cm³/mol. The highest BCUT2D eigenvalue weighted by Crippen LogP contribution is 2.27. The molecule has 0 aliphatic carbocycles. The third-order valence-electron chi connectivity index (χ3n) is 4.32. The third kappa shape index (κ3) is 3.24. The number of nitrogens with zero attached hydrogens (tertiary/aromatic N) is 3. The number of hydrogen-bond donors (Lipinski definition) is 2. The lowest BCUT2D eigenvalue weighted by Gasteiger charge is -2.40. The van der Waals surface area contributed by atoms with Crippen LogP contribution in [-0.2, 0) is 18.3 Å². The third-order valence-corrected chi connectivity index (χ3v) is 4.32. The van der Waals surface area contributed by atoms with Crippen molar-refractivity contribution in [3.8, 4) is 0 Å². The summed E-state index contributed by atoms with van der Waals surface area (Å²) in [6.07, 6.45) is 7.95. The average molecular weight is 303 g/mol. The largest absolute Gasteiger partial charge is 0.373 e. The van der Waals surface area contributed by atoms with Crippen molar-refractivity contribution in [3.05, 3.63) is 42.2 Å². The first-order valence-corrected chi connectivity index (χ1v) is 7.95. The van der Waals surface area contributed by atoms with Crippen LogP contribution in [0.5, 0.6) is 0 Å². The van der Waals surface area contributed by atoms with Crippen LogP contribution in [0.4, 0.5) is 0 Å². The fourth-order valence-electron chi connectivity index (χ4n) is 3.13. The predicted octanol–water partition coefficient (Wildman–Crippen LogP) is 1.30. The highest BCUT2D eigenvalue weighted by molar-refractivity contribution is 5.08. The van der Waals surface area contributed by atoms with Crippen molar-refractivity contribution in [2.75, 3.05) is 26.2 Å². The molecule has 0 radical (unpaired) electrons. The number of morpholine rings is 1. The smallest absolute Gasteiger partial charge is 0.128 e. The lowest BCUT2D eigenvalue weighted by Crippen LogP contribution is -2.49. The summed E-state index contributed by atoms with van der Waals surface area (Å²) >= 11 is 0. The number of imidazole rings is 1. The number of hydrogen-bond acceptors (Lipinski definition) is 4. The molecule has 0 spiro atoms. The molecule has 2 aromatic heterocycles. The van der Waals surface area contributed by atoms with Crippen molar-refractivity contribution in [1.29, 1.82) is 0 Å². The quantitative estimate of drug-likeness (QED) is 0.844. The summed E-state index contributed by atoms with van der Waals surface area (Å²) in [4.78, 5) is 10.1. The van der Waals surface area contributed by atoms with Gasteiger partial charge in [-0.25, -0.2) is 4.98 Å². The summed E-state index contributed by atoms with van der Waals surface area (Å²) < 4.78 is 8.15. The summed E-state index contributed by atoms with van der Waals surface area (Å²) in [6, 6.07) is 2.29. The van der Waals surface area contributed by atoms with Gasteiger partial charge in [-0.15, -0.1) is 0 Å². The number of H-pyrrole nitrogens is 1. The number of aromatic amines is 1. The van der Waals surface area contributed by atoms with Crippen molar-refractivity contribution in [2.45, 2.75) is 25.6 Å². The first kappa shape index (κ1) is 15.3. The SMILES string of the molecule is CCN1CCO[C@@H](CNCc2cc[nH]c2)[C@@H]1c1nccn1C. The second-order valence-corrected chi connectivity index (χ2v) is 5.73. The second kappa shape index (κ2) is 7.09. The Hall–Kier alpha value is -1.63. The number of rotatable bonds is 6. The summed E-state index contributed by atoms with van der Waals surface area (Å²) in [5.74, 6) is 1.08. The van der Waals surface area contributed by atoms with Gasteiger partial charge < -0.3 is 19.6 Å². The highest BCUT2D eigenvalue weighted by atomic mass is 16.5. The molecule has 120 valence electrons. The van der Waals surface area contributed by atoms with E-state index in [9.17, 15) is 0 Å². The van der Waals surface area contributed by atoms with Crippen LogP contribution in [0.2, 0.25) is 0 Å². The van der Waals surface area contributed by atoms with E-state index in [1.165, 1.54) is 5.56 Å². The zero-order valence-electron chi connectivity index (χ0n) is 13.3. The summed E-state index contributed by atoms with van der Waals surface area (Å²) in [5, 5.41) is 3.50. The highest BCUT2D eigenvalue weighted by Gasteiger charge is 2.34. The molecule has 0 aromatic carbocycles. The van der Waals surface area contributed by atoms with E-state index < -0.39 is 0 Å². The molecule has 1 saturated heterocycles. The fraction of sp³-hybridized carbons (Fsp3) is 0.562. The molecule has 3 rings (SSSR count). The molecule has 1 aliphatic heterocycles. The number of nitrogens with one attached hydrogen (secondary N) is 2. The van der Waals surface area contributed by atoms with Gasteiger partial charge in [0.05, 0.1) is 18.8 Å². The minimum absolute atomic E-state index is 0.119. The van der Waals surface area contributed by atoms with Gasteiger partial charge >= 0.3 is 0 Å². The van der Waals surface area contributed by atoms with Gasteiger partial charge in [-0.3, -0.25) is 4.90 Å². The van der Waals surface area contributed by atoms with Crippen molar-refractivity contribution >= 4 is 0 Å². The van der Waals surface area contributed by atoms with Crippen LogP contribution < -0.4 is 5.32 Å². The van der Waals surface area contributed by atoms with Crippen LogP contribution in [0.1, 0.15) is 24.4 Å². The lowest BCUT2D eigenvalue weighted by atomic mass is 10.1. The standard InChI is InChI=1S/C16H25N5O/c1-3-21-8-9-22-14(12-18-11-13-4-5-17-10-13)15(21)16-19-6-7-20(16)2/h4-7,10,14-15,17-18H,3,8-9,11-12H2,1-2H3/t14-,15+/m0/s1. The maximum atomic E-state index is 6.06. The van der Waals surface area contributed by atoms with Gasteiger partial charge in [0.15, 0.2) is 0 Å². The van der Waals surface area contributed by atoms with Gasteiger partial charge in [-0.05, 0) is 18.2 Å². The van der Waals surface area contributed by atoms with E-state index in [1.54, 1.807) is 0 Å². The van der Waals surface area contributed by atoms with Crippen molar-refractivity contribution in [2.24, 2.45) is 7.05 Å². The van der Waals surface area contributed by atoms with Crippen LogP contribution >= 0.6 is 0 Å². The summed E-state index contributed by atoms with van der Waals surface area (Å²) in [7, 11) is 2.05. The molecule has 0 unspecified atom stereocenters. The van der Waals surface area contributed by atoms with Gasteiger partial charge in [0, 0.05) is 51.5 Å². The molecule has 1 aliphatic rings. The Morgan fingerprint density at radius 3 is 3.09 bits per heavy atom. The zero-order valence-corrected chi connectivity index (χ0v) is 13.3. The Morgan fingerprint density at radius 1 is 1.50 bits per heavy atom. The van der Waals surface area contributed by atoms with Crippen LogP contribution in [0.3, 0.4) is 0 Å². The van der Waals surface area contributed by atoms with E-state index in [4.69, 9.17) is 4.74 Å². The molecular formula is C16H25N5O. The van der Waals surface area contributed by atoms with Gasteiger partial charge in [0.1, 0.15) is 5.82 Å². The molecule has 0 bridgehead atoms. The Labute approximate surface area is 131 Å². The monoisotopic (exact) mass is 303 g/mol. The minimum Gasteiger partial charge on any atom is -0.373 e. The van der Waals surface area contributed by atoms with Crippen LogP contribution in [0.15, 0.2) is 30.9 Å². The average Bonchev–Trinajstić information content (AvgIpc) is 3.19. The van der Waals surface area contributed by atoms with Gasteiger partial charge in [-0.2, -0.15) is 0 Å². The maximum Gasteiger partial charge on any atom is 0.128 e. The van der Waals surface area contributed by atoms with E-state index in [0.717, 1.165) is 38.6 Å². The molecule has 1 fully saturated rings. The first-order valence-electron chi connectivity index (χ1n) is 7.95. The molecule has 3 heterocycles. The normalized spacial score (nSPS) is 23.0. The van der Waals surface area contributed by atoms with Crippen molar-refractivity contribution < 1.29 is 4.74 Å². The summed E-state index contributed by atoms with van der Waals surface area (Å²) in [6.45, 7) is 6.62. The number of aryl methyl sites for hydroxylation is 1. The summed E-state index contributed by atoms with van der Waals surface area (Å²) in [5.41, 5.74) is 1.26. The van der Waals surface area contributed by atoms with Crippen molar-refractivity contribution in [1.82, 2.24) is 24.8 Å². The molecule has 6 nitrogen and oxygen atoms in total. The molecular weight excluding hydrogens is 278 g/mol. The Balaban J connectivity index is 1.68. The Morgan fingerprint density at radius 2 is 2.41 bits per heavy atom. The van der Waals surface area contributed by atoms with Gasteiger partial charge in [-0.1, -0.05) is 6.92 Å². The molecule has 2 aromatic rings.